The van der Waals surface area contributed by atoms with E-state index in [0.717, 1.165) is 11.1 Å². The maximum Gasteiger partial charge on any atom is 0.129 e. The van der Waals surface area contributed by atoms with Crippen LogP contribution in [0.5, 0.6) is 0 Å². The van der Waals surface area contributed by atoms with Crippen LogP contribution < -0.4 is 11.5 Å². The van der Waals surface area contributed by atoms with Crippen molar-refractivity contribution in [3.63, 3.8) is 0 Å². The van der Waals surface area contributed by atoms with Crippen LogP contribution in [0, 0.1) is 5.82 Å². The minimum absolute atomic E-state index is 0. The third kappa shape index (κ3) is 3.32. The zero-order valence-electron chi connectivity index (χ0n) is 9.06. The van der Waals surface area contributed by atoms with E-state index in [9.17, 15) is 4.39 Å². The summed E-state index contributed by atoms with van der Waals surface area (Å²) in [5.74, 6) is 0.532. The van der Waals surface area contributed by atoms with E-state index >= 15 is 0 Å². The first-order valence-electron chi connectivity index (χ1n) is 4.90. The van der Waals surface area contributed by atoms with Gasteiger partial charge in [0.05, 0.1) is 0 Å². The summed E-state index contributed by atoms with van der Waals surface area (Å²) in [6.45, 7) is 0. The number of nitrogens with two attached hydrogens (primary N) is 2. The van der Waals surface area contributed by atoms with Gasteiger partial charge in [-0.3, -0.25) is 0 Å². The maximum absolute atomic E-state index is 13.0. The van der Waals surface area contributed by atoms with Crippen molar-refractivity contribution in [3.05, 3.63) is 53.3 Å². The van der Waals surface area contributed by atoms with Crippen LogP contribution in [0.3, 0.4) is 0 Å². The first-order chi connectivity index (χ1) is 7.65. The van der Waals surface area contributed by atoms with Crippen LogP contribution in [-0.4, -0.2) is 4.98 Å². The lowest BCUT2D eigenvalue weighted by molar-refractivity contribution is 0.626. The second kappa shape index (κ2) is 5.50. The Morgan fingerprint density at radius 1 is 1.12 bits per heavy atom. The van der Waals surface area contributed by atoms with E-state index in [1.54, 1.807) is 12.1 Å². The highest BCUT2D eigenvalue weighted by molar-refractivity contribution is 5.85. The molecule has 0 bridgehead atoms. The molecule has 4 N–H and O–H groups in total. The molecule has 0 aliphatic rings. The number of benzene rings is 1. The number of hydrogen-bond acceptors (Lipinski definition) is 3. The molecule has 0 unspecified atom stereocenters. The third-order valence-electron chi connectivity index (χ3n) is 2.32. The van der Waals surface area contributed by atoms with Crippen LogP contribution in [0.25, 0.3) is 0 Å². The Bertz CT molecular complexity index is 517. The molecule has 1 aromatic carbocycles. The van der Waals surface area contributed by atoms with Crippen molar-refractivity contribution in [2.45, 2.75) is 6.42 Å². The first-order valence-corrected chi connectivity index (χ1v) is 4.90. The van der Waals surface area contributed by atoms with Crippen molar-refractivity contribution < 1.29 is 4.39 Å². The quantitative estimate of drug-likeness (QED) is 0.864. The molecule has 0 aliphatic heterocycles. The highest BCUT2D eigenvalue weighted by atomic mass is 35.5. The molecule has 0 saturated carbocycles. The number of nitrogen functional groups attached to an aromatic ring is 2. The van der Waals surface area contributed by atoms with Crippen molar-refractivity contribution in [2.75, 3.05) is 11.5 Å². The first kappa shape index (κ1) is 13.3. The van der Waals surface area contributed by atoms with E-state index in [1.807, 2.05) is 12.1 Å². The van der Waals surface area contributed by atoms with Gasteiger partial charge in [-0.05, 0) is 29.3 Å². The second-order valence-corrected chi connectivity index (χ2v) is 3.59. The molecular weight excluding hydrogens is 241 g/mol. The fourth-order valence-corrected chi connectivity index (χ4v) is 1.54. The molecule has 0 atom stereocenters. The number of anilines is 2. The lowest BCUT2D eigenvalue weighted by Crippen LogP contribution is -2.01. The molecule has 0 amide bonds. The molecule has 2 rings (SSSR count). The molecule has 3 nitrogen and oxygen atoms in total. The van der Waals surface area contributed by atoms with Crippen molar-refractivity contribution in [3.8, 4) is 0 Å². The average molecular weight is 254 g/mol. The van der Waals surface area contributed by atoms with Gasteiger partial charge in [0.15, 0.2) is 0 Å². The molecule has 0 radical (unpaired) electrons. The molecule has 1 heterocycles. The Kier molecular flexibility index (Phi) is 4.29. The molecule has 0 fully saturated rings. The average Bonchev–Trinajstić information content (AvgIpc) is 2.22. The van der Waals surface area contributed by atoms with Gasteiger partial charge >= 0.3 is 0 Å². The predicted octanol–water partition coefficient (Wildman–Crippen LogP) is 2.40. The molecule has 0 spiro atoms. The van der Waals surface area contributed by atoms with Gasteiger partial charge in [-0.2, -0.15) is 0 Å². The number of pyridine rings is 1. The van der Waals surface area contributed by atoms with Crippen LogP contribution in [0.1, 0.15) is 11.1 Å². The van der Waals surface area contributed by atoms with E-state index in [-0.39, 0.29) is 18.2 Å². The predicted molar refractivity (Wildman–Crippen MR) is 69.5 cm³/mol. The van der Waals surface area contributed by atoms with Gasteiger partial charge in [-0.25, -0.2) is 9.37 Å². The molecule has 2 aromatic rings. The summed E-state index contributed by atoms with van der Waals surface area (Å²) in [5, 5.41) is 0. The van der Waals surface area contributed by atoms with Gasteiger partial charge in [0.1, 0.15) is 17.5 Å². The van der Waals surface area contributed by atoms with Crippen LogP contribution in [0.4, 0.5) is 16.0 Å². The minimum Gasteiger partial charge on any atom is -0.384 e. The number of rotatable bonds is 2. The topological polar surface area (TPSA) is 64.9 Å². The van der Waals surface area contributed by atoms with E-state index in [0.29, 0.717) is 18.1 Å². The Hall–Kier alpha value is -1.81. The molecule has 90 valence electrons. The normalized spacial score (nSPS) is 9.71. The van der Waals surface area contributed by atoms with E-state index in [1.165, 1.54) is 12.1 Å². The lowest BCUT2D eigenvalue weighted by Gasteiger charge is -2.05. The maximum atomic E-state index is 13.0. The van der Waals surface area contributed by atoms with Gasteiger partial charge in [0.2, 0.25) is 0 Å². The zero-order chi connectivity index (χ0) is 11.5. The molecule has 0 aliphatic carbocycles. The smallest absolute Gasteiger partial charge is 0.129 e. The summed E-state index contributed by atoms with van der Waals surface area (Å²) < 4.78 is 13.0. The van der Waals surface area contributed by atoms with Crippen molar-refractivity contribution in [1.82, 2.24) is 4.98 Å². The summed E-state index contributed by atoms with van der Waals surface area (Å²) in [6.07, 6.45) is 0.552. The summed E-state index contributed by atoms with van der Waals surface area (Å²) in [4.78, 5) is 3.95. The number of aromatic nitrogens is 1. The monoisotopic (exact) mass is 253 g/mol. The molecule has 17 heavy (non-hydrogen) atoms. The SMILES string of the molecule is Cl.Nc1ccc(Cc2cccc(F)c2)c(N)n1. The largest absolute Gasteiger partial charge is 0.384 e. The van der Waals surface area contributed by atoms with Crippen LogP contribution >= 0.6 is 12.4 Å². The van der Waals surface area contributed by atoms with Crippen molar-refractivity contribution >= 4 is 24.0 Å². The standard InChI is InChI=1S/C12H12FN3.ClH/c13-10-3-1-2-8(7-10)6-9-4-5-11(14)16-12(9)15;/h1-5,7H,6H2,(H4,14,15,16);1H. The Labute approximate surface area is 105 Å². The summed E-state index contributed by atoms with van der Waals surface area (Å²) in [7, 11) is 0. The highest BCUT2D eigenvalue weighted by Gasteiger charge is 2.03. The van der Waals surface area contributed by atoms with Crippen molar-refractivity contribution in [2.24, 2.45) is 0 Å². The molecular formula is C12H13ClFN3. The summed E-state index contributed by atoms with van der Waals surface area (Å²) >= 11 is 0. The fourth-order valence-electron chi connectivity index (χ4n) is 1.54. The van der Waals surface area contributed by atoms with Gasteiger partial charge in [0.25, 0.3) is 0 Å². The van der Waals surface area contributed by atoms with E-state index in [2.05, 4.69) is 4.98 Å². The van der Waals surface area contributed by atoms with E-state index in [4.69, 9.17) is 11.5 Å². The molecule has 0 saturated heterocycles. The molecule has 1 aromatic heterocycles. The van der Waals surface area contributed by atoms with Gasteiger partial charge in [-0.15, -0.1) is 12.4 Å². The lowest BCUT2D eigenvalue weighted by atomic mass is 10.1. The number of halogens is 2. The third-order valence-corrected chi connectivity index (χ3v) is 2.32. The zero-order valence-corrected chi connectivity index (χ0v) is 9.88. The highest BCUT2D eigenvalue weighted by Crippen LogP contribution is 2.16. The Balaban J connectivity index is 0.00000144. The fraction of sp³-hybridized carbons (Fsp3) is 0.0833. The Morgan fingerprint density at radius 3 is 2.53 bits per heavy atom. The van der Waals surface area contributed by atoms with Gasteiger partial charge < -0.3 is 11.5 Å². The summed E-state index contributed by atoms with van der Waals surface area (Å²) in [5.41, 5.74) is 12.9. The van der Waals surface area contributed by atoms with Crippen LogP contribution in [-0.2, 0) is 6.42 Å². The molecule has 5 heteroatoms. The van der Waals surface area contributed by atoms with Crippen molar-refractivity contribution in [1.29, 1.82) is 0 Å². The number of nitrogens with zero attached hydrogens (tertiary/aromatic N) is 1. The van der Waals surface area contributed by atoms with Gasteiger partial charge in [0, 0.05) is 6.42 Å². The van der Waals surface area contributed by atoms with Crippen LogP contribution in [0.2, 0.25) is 0 Å². The minimum atomic E-state index is -0.250. The van der Waals surface area contributed by atoms with Gasteiger partial charge in [-0.1, -0.05) is 18.2 Å². The second-order valence-electron chi connectivity index (χ2n) is 3.59. The summed E-state index contributed by atoms with van der Waals surface area (Å²) in [6, 6.07) is 9.90. The number of hydrogen-bond donors (Lipinski definition) is 2. The Morgan fingerprint density at radius 2 is 1.88 bits per heavy atom. The van der Waals surface area contributed by atoms with Crippen LogP contribution in [0.15, 0.2) is 36.4 Å². The van der Waals surface area contributed by atoms with E-state index < -0.39 is 0 Å².